The van der Waals surface area contributed by atoms with Crippen molar-refractivity contribution in [1.82, 2.24) is 0 Å². The zero-order valence-electron chi connectivity index (χ0n) is 20.5. The molecule has 1 fully saturated rings. The zero-order valence-corrected chi connectivity index (χ0v) is 20.5. The van der Waals surface area contributed by atoms with Gasteiger partial charge in [-0.3, -0.25) is 0 Å². The summed E-state index contributed by atoms with van der Waals surface area (Å²) in [5.41, 5.74) is 5.70. The molecule has 2 N–H and O–H groups in total. The van der Waals surface area contributed by atoms with Gasteiger partial charge in [-0.05, 0) is 25.7 Å². The lowest BCUT2D eigenvalue weighted by molar-refractivity contribution is -0.323. The maximum Gasteiger partial charge on any atom is 0.186 e. The van der Waals surface area contributed by atoms with Gasteiger partial charge in [0.05, 0.1) is 13.2 Å². The van der Waals surface area contributed by atoms with Crippen LogP contribution < -0.4 is 5.73 Å². The molecule has 1 rings (SSSR count). The maximum absolute atomic E-state index is 6.38. The fourth-order valence-electron chi connectivity index (χ4n) is 3.44. The Labute approximate surface area is 190 Å². The number of hydrogen-bond acceptors (Lipinski definition) is 7. The number of hydrogen-bond donors (Lipinski definition) is 1. The number of rotatable bonds is 20. The van der Waals surface area contributed by atoms with E-state index in [1.54, 1.807) is 0 Å². The van der Waals surface area contributed by atoms with Gasteiger partial charge in [0, 0.05) is 33.0 Å². The van der Waals surface area contributed by atoms with Crippen LogP contribution in [0.15, 0.2) is 0 Å². The summed E-state index contributed by atoms with van der Waals surface area (Å²) >= 11 is 0. The largest absolute Gasteiger partial charge is 0.379 e. The first kappa shape index (κ1) is 28.8. The van der Waals surface area contributed by atoms with Gasteiger partial charge in [0.1, 0.15) is 24.4 Å². The van der Waals surface area contributed by atoms with E-state index in [1.807, 2.05) is 0 Å². The van der Waals surface area contributed by atoms with Gasteiger partial charge in [0.15, 0.2) is 6.29 Å². The molecule has 0 aromatic heterocycles. The summed E-state index contributed by atoms with van der Waals surface area (Å²) < 4.78 is 37.3. The van der Waals surface area contributed by atoms with Crippen molar-refractivity contribution in [2.45, 2.75) is 110 Å². The first-order valence-electron chi connectivity index (χ1n) is 12.6. The molecule has 0 saturated carbocycles. The molecule has 7 nitrogen and oxygen atoms in total. The van der Waals surface area contributed by atoms with Crippen molar-refractivity contribution in [2.75, 3.05) is 46.2 Å². The molecule has 7 heteroatoms. The zero-order chi connectivity index (χ0) is 22.7. The first-order valence-corrected chi connectivity index (χ1v) is 12.6. The van der Waals surface area contributed by atoms with Gasteiger partial charge < -0.3 is 34.2 Å². The van der Waals surface area contributed by atoms with Gasteiger partial charge in [-0.2, -0.15) is 0 Å². The molecule has 0 aromatic carbocycles. The average molecular weight is 448 g/mol. The van der Waals surface area contributed by atoms with Crippen LogP contribution in [0, 0.1) is 0 Å². The summed E-state index contributed by atoms with van der Waals surface area (Å²) in [6.45, 7) is 12.6. The average Bonchev–Trinajstić information content (AvgIpc) is 2.78. The summed E-state index contributed by atoms with van der Waals surface area (Å²) in [6.07, 6.45) is 6.61. The molecular formula is C24H49NO6. The normalized spacial score (nSPS) is 26.4. The first-order chi connectivity index (χ1) is 15.2. The summed E-state index contributed by atoms with van der Waals surface area (Å²) in [5, 5.41) is 0. The smallest absolute Gasteiger partial charge is 0.186 e. The van der Waals surface area contributed by atoms with Crippen molar-refractivity contribution in [3.05, 3.63) is 0 Å². The molecule has 1 saturated heterocycles. The van der Waals surface area contributed by atoms with Crippen LogP contribution in [0.1, 0.15) is 79.1 Å². The van der Waals surface area contributed by atoms with E-state index in [4.69, 9.17) is 34.2 Å². The fraction of sp³-hybridized carbons (Fsp3) is 1.00. The molecule has 0 bridgehead atoms. The third-order valence-corrected chi connectivity index (χ3v) is 5.34. The summed E-state index contributed by atoms with van der Waals surface area (Å²) in [6, 6.07) is 0. The molecule has 186 valence electrons. The highest BCUT2D eigenvalue weighted by atomic mass is 16.7. The Balaban J connectivity index is 3.01. The second-order valence-electron chi connectivity index (χ2n) is 8.20. The second kappa shape index (κ2) is 19.2. The predicted molar refractivity (Wildman–Crippen MR) is 123 cm³/mol. The molecule has 1 heterocycles. The topological polar surface area (TPSA) is 81.4 Å². The van der Waals surface area contributed by atoms with E-state index in [2.05, 4.69) is 27.7 Å². The maximum atomic E-state index is 6.38. The molecule has 0 amide bonds. The predicted octanol–water partition coefficient (Wildman–Crippen LogP) is 4.06. The van der Waals surface area contributed by atoms with E-state index >= 15 is 0 Å². The lowest BCUT2D eigenvalue weighted by atomic mass is 9.98. The van der Waals surface area contributed by atoms with Crippen molar-refractivity contribution in [2.24, 2.45) is 5.73 Å². The Morgan fingerprint density at radius 3 is 1.68 bits per heavy atom. The Hall–Kier alpha value is -0.280. The van der Waals surface area contributed by atoms with E-state index < -0.39 is 6.29 Å². The van der Waals surface area contributed by atoms with E-state index in [9.17, 15) is 0 Å². The molecule has 1 aliphatic rings. The van der Waals surface area contributed by atoms with E-state index in [-0.39, 0.29) is 24.4 Å². The number of nitrogens with two attached hydrogens (primary N) is 1. The van der Waals surface area contributed by atoms with E-state index in [0.29, 0.717) is 46.2 Å². The minimum Gasteiger partial charge on any atom is -0.379 e. The SMILES string of the molecule is CCCCOCC1OC(OCCN)[C@H](OCCCC)C(OCCCC)[C@@H]1OCCCC. The summed E-state index contributed by atoms with van der Waals surface area (Å²) in [5.74, 6) is 0. The molecule has 0 aliphatic carbocycles. The minimum atomic E-state index is -0.544. The van der Waals surface area contributed by atoms with Crippen LogP contribution in [0.3, 0.4) is 0 Å². The Morgan fingerprint density at radius 1 is 0.613 bits per heavy atom. The second-order valence-corrected chi connectivity index (χ2v) is 8.20. The van der Waals surface area contributed by atoms with Gasteiger partial charge in [-0.15, -0.1) is 0 Å². The highest BCUT2D eigenvalue weighted by molar-refractivity contribution is 4.93. The number of unbranched alkanes of at least 4 members (excludes halogenated alkanes) is 4. The standard InChI is InChI=1S/C24H49NO6/c1-5-9-14-26-19-20-21(27-15-10-6-2)22(28-16-11-7-3)23(29-17-12-8-4)24(31-20)30-18-13-25/h20-24H,5-19,25H2,1-4H3/t20?,21-,22?,23-,24?/m1/s1. The highest BCUT2D eigenvalue weighted by Crippen LogP contribution is 2.30. The molecule has 1 aliphatic heterocycles. The summed E-state index contributed by atoms with van der Waals surface area (Å²) in [7, 11) is 0. The monoisotopic (exact) mass is 447 g/mol. The van der Waals surface area contributed by atoms with Crippen LogP contribution in [0.4, 0.5) is 0 Å². The lowest BCUT2D eigenvalue weighted by Gasteiger charge is -2.46. The van der Waals surface area contributed by atoms with Gasteiger partial charge in [0.25, 0.3) is 0 Å². The van der Waals surface area contributed by atoms with E-state index in [1.165, 1.54) is 0 Å². The molecule has 0 radical (unpaired) electrons. The highest BCUT2D eigenvalue weighted by Gasteiger charge is 2.48. The minimum absolute atomic E-state index is 0.255. The van der Waals surface area contributed by atoms with Gasteiger partial charge >= 0.3 is 0 Å². The van der Waals surface area contributed by atoms with Gasteiger partial charge in [-0.1, -0.05) is 53.4 Å². The van der Waals surface area contributed by atoms with Crippen molar-refractivity contribution < 1.29 is 28.4 Å². The molecule has 5 atom stereocenters. The van der Waals surface area contributed by atoms with Crippen molar-refractivity contribution >= 4 is 0 Å². The molecule has 0 aromatic rings. The Bertz CT molecular complexity index is 400. The van der Waals surface area contributed by atoms with Crippen molar-refractivity contribution in [3.63, 3.8) is 0 Å². The Morgan fingerprint density at radius 2 is 1.13 bits per heavy atom. The molecule has 0 spiro atoms. The molecule has 31 heavy (non-hydrogen) atoms. The van der Waals surface area contributed by atoms with Crippen LogP contribution in [-0.2, 0) is 28.4 Å². The quantitative estimate of drug-likeness (QED) is 0.282. The van der Waals surface area contributed by atoms with Crippen LogP contribution in [0.5, 0.6) is 0 Å². The van der Waals surface area contributed by atoms with E-state index in [0.717, 1.165) is 51.4 Å². The molecule has 3 unspecified atom stereocenters. The van der Waals surface area contributed by atoms with Crippen LogP contribution in [0.25, 0.3) is 0 Å². The fourth-order valence-corrected chi connectivity index (χ4v) is 3.44. The summed E-state index contributed by atoms with van der Waals surface area (Å²) in [4.78, 5) is 0. The third kappa shape index (κ3) is 11.4. The number of ether oxygens (including phenoxy) is 6. The van der Waals surface area contributed by atoms with Crippen LogP contribution >= 0.6 is 0 Å². The van der Waals surface area contributed by atoms with Crippen molar-refractivity contribution in [3.8, 4) is 0 Å². The van der Waals surface area contributed by atoms with Crippen LogP contribution in [0.2, 0.25) is 0 Å². The lowest BCUT2D eigenvalue weighted by Crippen LogP contribution is -2.62. The van der Waals surface area contributed by atoms with Gasteiger partial charge in [-0.25, -0.2) is 0 Å². The molecular weight excluding hydrogens is 398 g/mol. The van der Waals surface area contributed by atoms with Crippen LogP contribution in [-0.4, -0.2) is 76.9 Å². The third-order valence-electron chi connectivity index (χ3n) is 5.34. The van der Waals surface area contributed by atoms with Crippen molar-refractivity contribution in [1.29, 1.82) is 0 Å². The van der Waals surface area contributed by atoms with Gasteiger partial charge in [0.2, 0.25) is 0 Å². The Kier molecular flexibility index (Phi) is 17.8.